The van der Waals surface area contributed by atoms with Crippen molar-refractivity contribution in [1.29, 1.82) is 5.26 Å². The first kappa shape index (κ1) is 9.94. The largest absolute Gasteiger partial charge is 0.293 e. The molecule has 0 saturated carbocycles. The highest BCUT2D eigenvalue weighted by Gasteiger charge is 2.15. The van der Waals surface area contributed by atoms with Crippen LogP contribution in [0.2, 0.25) is 0 Å². The molecule has 0 aliphatic rings. The summed E-state index contributed by atoms with van der Waals surface area (Å²) in [6.45, 7) is 0. The van der Waals surface area contributed by atoms with E-state index in [-0.39, 0.29) is 17.0 Å². The molecule has 0 bridgehead atoms. The van der Waals surface area contributed by atoms with E-state index >= 15 is 0 Å². The molecule has 0 amide bonds. The van der Waals surface area contributed by atoms with Gasteiger partial charge in [0.15, 0.2) is 5.78 Å². The lowest BCUT2D eigenvalue weighted by Crippen LogP contribution is -2.13. The van der Waals surface area contributed by atoms with Crippen LogP contribution in [0.25, 0.3) is 0 Å². The van der Waals surface area contributed by atoms with Gasteiger partial charge in [-0.25, -0.2) is 0 Å². The van der Waals surface area contributed by atoms with Crippen molar-refractivity contribution in [3.05, 3.63) is 35.9 Å². The third-order valence-electron chi connectivity index (χ3n) is 1.61. The van der Waals surface area contributed by atoms with E-state index in [9.17, 15) is 4.79 Å². The van der Waals surface area contributed by atoms with Crippen molar-refractivity contribution in [2.24, 2.45) is 0 Å². The zero-order valence-electron chi connectivity index (χ0n) is 6.90. The second-order valence-electron chi connectivity index (χ2n) is 2.56. The number of carbonyl (C=O) groups excluding carboxylic acids is 1. The number of rotatable bonds is 3. The topological polar surface area (TPSA) is 40.9 Å². The highest BCUT2D eigenvalue weighted by atomic mass is 79.9. The maximum Gasteiger partial charge on any atom is 0.177 e. The molecule has 1 aromatic rings. The van der Waals surface area contributed by atoms with Gasteiger partial charge in [0.2, 0.25) is 0 Å². The van der Waals surface area contributed by atoms with Gasteiger partial charge in [0, 0.05) is 5.56 Å². The fourth-order valence-electron chi connectivity index (χ4n) is 0.956. The molecule has 0 saturated heterocycles. The number of nitriles is 1. The van der Waals surface area contributed by atoms with Crippen LogP contribution in [0.4, 0.5) is 0 Å². The first-order valence-corrected chi connectivity index (χ1v) is 4.77. The Morgan fingerprint density at radius 3 is 2.62 bits per heavy atom. The molecule has 0 aromatic heterocycles. The van der Waals surface area contributed by atoms with Crippen LogP contribution in [0.1, 0.15) is 16.8 Å². The molecule has 0 fully saturated rings. The molecule has 66 valence electrons. The molecular weight excluding hydrogens is 230 g/mol. The van der Waals surface area contributed by atoms with E-state index in [0.717, 1.165) is 0 Å². The maximum absolute atomic E-state index is 11.5. The van der Waals surface area contributed by atoms with Gasteiger partial charge in [-0.3, -0.25) is 4.79 Å². The summed E-state index contributed by atoms with van der Waals surface area (Å²) in [6.07, 6.45) is 0.202. The Morgan fingerprint density at radius 1 is 1.46 bits per heavy atom. The Bertz CT molecular complexity index is 329. The average Bonchev–Trinajstić information content (AvgIpc) is 2.18. The van der Waals surface area contributed by atoms with Crippen molar-refractivity contribution in [2.45, 2.75) is 11.2 Å². The Hall–Kier alpha value is -1.14. The number of ketones is 1. The molecule has 0 aliphatic heterocycles. The van der Waals surface area contributed by atoms with Gasteiger partial charge in [-0.15, -0.1) is 0 Å². The van der Waals surface area contributed by atoms with Crippen molar-refractivity contribution in [3.63, 3.8) is 0 Å². The van der Waals surface area contributed by atoms with Crippen LogP contribution in [0.5, 0.6) is 0 Å². The predicted octanol–water partition coefficient (Wildman–Crippen LogP) is 2.55. The van der Waals surface area contributed by atoms with Crippen LogP contribution in [0.15, 0.2) is 30.3 Å². The van der Waals surface area contributed by atoms with Crippen LogP contribution in [0.3, 0.4) is 0 Å². The van der Waals surface area contributed by atoms with E-state index in [1.807, 2.05) is 12.1 Å². The van der Waals surface area contributed by atoms with Gasteiger partial charge in [0.25, 0.3) is 0 Å². The zero-order valence-corrected chi connectivity index (χ0v) is 8.49. The Labute approximate surface area is 85.3 Å². The molecule has 0 spiro atoms. The first-order chi connectivity index (χ1) is 6.25. The summed E-state index contributed by atoms with van der Waals surface area (Å²) in [6, 6.07) is 10.9. The van der Waals surface area contributed by atoms with Crippen molar-refractivity contribution >= 4 is 21.7 Å². The van der Waals surface area contributed by atoms with Crippen LogP contribution >= 0.6 is 15.9 Å². The molecule has 0 aliphatic carbocycles. The number of Topliss-reactive ketones (excluding diaryl/α,β-unsaturated/α-hetero) is 1. The van der Waals surface area contributed by atoms with Gasteiger partial charge in [-0.2, -0.15) is 5.26 Å². The Balaban J connectivity index is 2.75. The molecule has 0 radical (unpaired) electrons. The maximum atomic E-state index is 11.5. The van der Waals surface area contributed by atoms with Crippen LogP contribution < -0.4 is 0 Å². The molecule has 1 rings (SSSR count). The summed E-state index contributed by atoms with van der Waals surface area (Å²) < 4.78 is 0. The minimum Gasteiger partial charge on any atom is -0.293 e. The molecule has 0 heterocycles. The smallest absolute Gasteiger partial charge is 0.177 e. The van der Waals surface area contributed by atoms with Crippen molar-refractivity contribution < 1.29 is 4.79 Å². The highest BCUT2D eigenvalue weighted by molar-refractivity contribution is 9.10. The summed E-state index contributed by atoms with van der Waals surface area (Å²) in [5.74, 6) is -0.0397. The molecule has 1 unspecified atom stereocenters. The van der Waals surface area contributed by atoms with Crippen molar-refractivity contribution in [1.82, 2.24) is 0 Å². The fraction of sp³-hybridized carbons (Fsp3) is 0.200. The molecule has 2 nitrogen and oxygen atoms in total. The Kier molecular flexibility index (Phi) is 3.66. The van der Waals surface area contributed by atoms with E-state index in [1.165, 1.54) is 0 Å². The summed E-state index contributed by atoms with van der Waals surface area (Å²) in [5, 5.41) is 8.40. The minimum absolute atomic E-state index is 0.0397. The number of carbonyl (C=O) groups is 1. The van der Waals surface area contributed by atoms with E-state index in [0.29, 0.717) is 5.56 Å². The third-order valence-corrected chi connectivity index (χ3v) is 2.35. The van der Waals surface area contributed by atoms with Gasteiger partial charge in [0.1, 0.15) is 0 Å². The Morgan fingerprint density at radius 2 is 2.08 bits per heavy atom. The number of hydrogen-bond acceptors (Lipinski definition) is 2. The molecule has 0 N–H and O–H groups in total. The summed E-state index contributed by atoms with van der Waals surface area (Å²) >= 11 is 3.17. The lowest BCUT2D eigenvalue weighted by Gasteiger charge is -2.03. The van der Waals surface area contributed by atoms with Gasteiger partial charge >= 0.3 is 0 Å². The molecule has 1 atom stereocenters. The number of hydrogen-bond donors (Lipinski definition) is 0. The molecule has 13 heavy (non-hydrogen) atoms. The van der Waals surface area contributed by atoms with Crippen LogP contribution in [-0.2, 0) is 0 Å². The fourth-order valence-corrected chi connectivity index (χ4v) is 1.37. The highest BCUT2D eigenvalue weighted by Crippen LogP contribution is 2.12. The summed E-state index contributed by atoms with van der Waals surface area (Å²) in [5.41, 5.74) is 0.639. The zero-order chi connectivity index (χ0) is 9.68. The first-order valence-electron chi connectivity index (χ1n) is 3.86. The minimum atomic E-state index is -0.389. The summed E-state index contributed by atoms with van der Waals surface area (Å²) in [7, 11) is 0. The number of alkyl halides is 1. The van der Waals surface area contributed by atoms with Crippen molar-refractivity contribution in [3.8, 4) is 6.07 Å². The lowest BCUT2D eigenvalue weighted by atomic mass is 10.1. The van der Waals surface area contributed by atoms with Crippen molar-refractivity contribution in [2.75, 3.05) is 0 Å². The summed E-state index contributed by atoms with van der Waals surface area (Å²) in [4.78, 5) is 11.1. The number of halogens is 1. The second-order valence-corrected chi connectivity index (χ2v) is 3.67. The van der Waals surface area contributed by atoms with E-state index in [4.69, 9.17) is 5.26 Å². The van der Waals surface area contributed by atoms with Gasteiger partial charge in [-0.05, 0) is 0 Å². The molecule has 1 aromatic carbocycles. The van der Waals surface area contributed by atoms with E-state index in [2.05, 4.69) is 15.9 Å². The third kappa shape index (κ3) is 2.67. The predicted molar refractivity (Wildman–Crippen MR) is 53.7 cm³/mol. The lowest BCUT2D eigenvalue weighted by molar-refractivity contribution is 0.0992. The number of benzene rings is 1. The quantitative estimate of drug-likeness (QED) is 0.599. The monoisotopic (exact) mass is 237 g/mol. The molecule has 3 heteroatoms. The van der Waals surface area contributed by atoms with Gasteiger partial charge < -0.3 is 0 Å². The second kappa shape index (κ2) is 4.78. The van der Waals surface area contributed by atoms with Crippen LogP contribution in [0, 0.1) is 11.3 Å². The van der Waals surface area contributed by atoms with Gasteiger partial charge in [0.05, 0.1) is 17.3 Å². The van der Waals surface area contributed by atoms with Gasteiger partial charge in [-0.1, -0.05) is 46.3 Å². The van der Waals surface area contributed by atoms with E-state index in [1.54, 1.807) is 24.3 Å². The average molecular weight is 238 g/mol. The standard InChI is InChI=1S/C10H8BrNO/c11-9(6-7-12)10(13)8-4-2-1-3-5-8/h1-5,9H,6H2. The van der Waals surface area contributed by atoms with E-state index < -0.39 is 0 Å². The number of nitrogens with zero attached hydrogens (tertiary/aromatic N) is 1. The normalized spacial score (nSPS) is 11.7. The molecular formula is C10H8BrNO. The van der Waals surface area contributed by atoms with Crippen LogP contribution in [-0.4, -0.2) is 10.6 Å². The SMILES string of the molecule is N#CCC(Br)C(=O)c1ccccc1.